The van der Waals surface area contributed by atoms with E-state index in [-0.39, 0.29) is 18.1 Å². The molecule has 2 fully saturated rings. The van der Waals surface area contributed by atoms with Crippen molar-refractivity contribution < 1.29 is 9.90 Å². The lowest BCUT2D eigenvalue weighted by atomic mass is 9.77. The Kier molecular flexibility index (Phi) is 5.30. The minimum absolute atomic E-state index is 0.0526. The lowest BCUT2D eigenvalue weighted by Gasteiger charge is -2.40. The molecule has 0 aromatic rings. The molecule has 0 spiro atoms. The first-order chi connectivity index (χ1) is 9.58. The van der Waals surface area contributed by atoms with Gasteiger partial charge in [0.25, 0.3) is 0 Å². The average Bonchev–Trinajstić information content (AvgIpc) is 2.49. The van der Waals surface area contributed by atoms with E-state index in [9.17, 15) is 9.90 Å². The van der Waals surface area contributed by atoms with E-state index in [4.69, 9.17) is 0 Å². The molecule has 0 aromatic carbocycles. The van der Waals surface area contributed by atoms with Crippen LogP contribution in [0.4, 0.5) is 4.79 Å². The van der Waals surface area contributed by atoms with Crippen LogP contribution in [0, 0.1) is 11.3 Å². The van der Waals surface area contributed by atoms with Gasteiger partial charge in [0.15, 0.2) is 0 Å². The van der Waals surface area contributed by atoms with Crippen LogP contribution in [0.25, 0.3) is 0 Å². The van der Waals surface area contributed by atoms with Crippen molar-refractivity contribution in [2.24, 2.45) is 11.3 Å². The Morgan fingerprint density at radius 1 is 1.25 bits per heavy atom. The van der Waals surface area contributed by atoms with E-state index in [2.05, 4.69) is 19.2 Å². The molecule has 0 radical (unpaired) electrons. The Labute approximate surface area is 122 Å². The van der Waals surface area contributed by atoms with Gasteiger partial charge in [0.05, 0.1) is 0 Å². The predicted molar refractivity (Wildman–Crippen MR) is 80.6 cm³/mol. The molecule has 2 aliphatic rings. The summed E-state index contributed by atoms with van der Waals surface area (Å²) in [5, 5.41) is 12.7. The number of nitrogens with one attached hydrogen (secondary N) is 1. The second kappa shape index (κ2) is 6.79. The number of nitrogens with zero attached hydrogens (tertiary/aromatic N) is 1. The number of hydrogen-bond donors (Lipinski definition) is 2. The number of amides is 2. The lowest BCUT2D eigenvalue weighted by molar-refractivity contribution is 0.0511. The SMILES string of the molecule is CCC1(CO)CCN(C(=O)NC2CCC(C)CC2)CC1. The summed E-state index contributed by atoms with van der Waals surface area (Å²) in [5.74, 6) is 0.813. The summed E-state index contributed by atoms with van der Waals surface area (Å²) in [6.07, 6.45) is 7.55. The Morgan fingerprint density at radius 2 is 1.85 bits per heavy atom. The molecule has 116 valence electrons. The molecule has 0 unspecified atom stereocenters. The first-order valence-electron chi connectivity index (χ1n) is 8.25. The maximum absolute atomic E-state index is 12.3. The van der Waals surface area contributed by atoms with Gasteiger partial charge in [-0.3, -0.25) is 0 Å². The Balaban J connectivity index is 1.77. The van der Waals surface area contributed by atoms with Gasteiger partial charge in [-0.25, -0.2) is 4.79 Å². The zero-order valence-electron chi connectivity index (χ0n) is 13.0. The van der Waals surface area contributed by atoms with Crippen molar-refractivity contribution >= 4 is 6.03 Å². The highest BCUT2D eigenvalue weighted by Crippen LogP contribution is 2.34. The first kappa shape index (κ1) is 15.6. The maximum atomic E-state index is 12.3. The van der Waals surface area contributed by atoms with E-state index in [0.717, 1.165) is 51.1 Å². The first-order valence-corrected chi connectivity index (χ1v) is 8.25. The molecule has 1 heterocycles. The van der Waals surface area contributed by atoms with Crippen LogP contribution in [-0.2, 0) is 0 Å². The molecule has 4 heteroatoms. The Morgan fingerprint density at radius 3 is 2.35 bits per heavy atom. The molecule has 1 saturated carbocycles. The molecule has 2 rings (SSSR count). The number of aliphatic hydroxyl groups excluding tert-OH is 1. The van der Waals surface area contributed by atoms with Gasteiger partial charge in [-0.15, -0.1) is 0 Å². The standard InChI is InChI=1S/C16H30N2O2/c1-3-16(12-19)8-10-18(11-9-16)15(20)17-14-6-4-13(2)5-7-14/h13-14,19H,3-12H2,1-2H3,(H,17,20). The van der Waals surface area contributed by atoms with Crippen molar-refractivity contribution in [1.82, 2.24) is 10.2 Å². The number of urea groups is 1. The average molecular weight is 282 g/mol. The third kappa shape index (κ3) is 3.66. The summed E-state index contributed by atoms with van der Waals surface area (Å²) >= 11 is 0. The molecule has 20 heavy (non-hydrogen) atoms. The van der Waals surface area contributed by atoms with Crippen LogP contribution in [0.5, 0.6) is 0 Å². The molecule has 4 nitrogen and oxygen atoms in total. The zero-order valence-corrected chi connectivity index (χ0v) is 13.0. The summed E-state index contributed by atoms with van der Waals surface area (Å²) in [4.78, 5) is 14.2. The second-order valence-electron chi connectivity index (χ2n) is 6.91. The molecule has 1 aliphatic heterocycles. The van der Waals surface area contributed by atoms with Gasteiger partial charge in [-0.2, -0.15) is 0 Å². The molecule has 0 bridgehead atoms. The number of rotatable bonds is 3. The van der Waals surface area contributed by atoms with E-state index in [1.165, 1.54) is 12.8 Å². The van der Waals surface area contributed by atoms with Gasteiger partial charge in [-0.05, 0) is 56.3 Å². The van der Waals surface area contributed by atoms with Crippen LogP contribution in [-0.4, -0.2) is 41.8 Å². The smallest absolute Gasteiger partial charge is 0.317 e. The topological polar surface area (TPSA) is 52.6 Å². The van der Waals surface area contributed by atoms with E-state index in [0.29, 0.717) is 6.04 Å². The summed E-state index contributed by atoms with van der Waals surface area (Å²) in [5.41, 5.74) is 0.0526. The van der Waals surface area contributed by atoms with Crippen LogP contribution in [0.3, 0.4) is 0 Å². The molecule has 1 saturated heterocycles. The van der Waals surface area contributed by atoms with Crippen LogP contribution in [0.2, 0.25) is 0 Å². The van der Waals surface area contributed by atoms with E-state index in [1.54, 1.807) is 0 Å². The van der Waals surface area contributed by atoms with Gasteiger partial charge in [0, 0.05) is 25.7 Å². The largest absolute Gasteiger partial charge is 0.396 e. The monoisotopic (exact) mass is 282 g/mol. The molecular weight excluding hydrogens is 252 g/mol. The minimum Gasteiger partial charge on any atom is -0.396 e. The normalized spacial score (nSPS) is 30.1. The molecule has 2 N–H and O–H groups in total. The Hall–Kier alpha value is -0.770. The van der Waals surface area contributed by atoms with Crippen LogP contribution < -0.4 is 5.32 Å². The zero-order chi connectivity index (χ0) is 14.6. The van der Waals surface area contributed by atoms with Gasteiger partial charge in [0.1, 0.15) is 0 Å². The fourth-order valence-electron chi connectivity index (χ4n) is 3.48. The summed E-state index contributed by atoms with van der Waals surface area (Å²) in [6, 6.07) is 0.474. The van der Waals surface area contributed by atoms with E-state index >= 15 is 0 Å². The van der Waals surface area contributed by atoms with Crippen LogP contribution in [0.15, 0.2) is 0 Å². The third-order valence-electron chi connectivity index (χ3n) is 5.54. The molecule has 1 aliphatic carbocycles. The minimum atomic E-state index is 0.0526. The molecule has 0 aromatic heterocycles. The van der Waals surface area contributed by atoms with Crippen molar-refractivity contribution in [3.05, 3.63) is 0 Å². The van der Waals surface area contributed by atoms with Crippen LogP contribution >= 0.6 is 0 Å². The fraction of sp³-hybridized carbons (Fsp3) is 0.938. The number of piperidine rings is 1. The number of carbonyl (C=O) groups excluding carboxylic acids is 1. The van der Waals surface area contributed by atoms with Crippen molar-refractivity contribution in [2.75, 3.05) is 19.7 Å². The molecule has 2 amide bonds. The fourth-order valence-corrected chi connectivity index (χ4v) is 3.48. The van der Waals surface area contributed by atoms with Gasteiger partial charge >= 0.3 is 6.03 Å². The van der Waals surface area contributed by atoms with Gasteiger partial charge in [-0.1, -0.05) is 13.8 Å². The van der Waals surface area contributed by atoms with Crippen molar-refractivity contribution in [3.63, 3.8) is 0 Å². The number of carbonyl (C=O) groups is 1. The van der Waals surface area contributed by atoms with Crippen molar-refractivity contribution in [2.45, 2.75) is 64.8 Å². The van der Waals surface area contributed by atoms with Crippen LogP contribution in [0.1, 0.15) is 58.8 Å². The van der Waals surface area contributed by atoms with E-state index < -0.39 is 0 Å². The van der Waals surface area contributed by atoms with Crippen molar-refractivity contribution in [3.8, 4) is 0 Å². The highest BCUT2D eigenvalue weighted by Gasteiger charge is 2.34. The highest BCUT2D eigenvalue weighted by molar-refractivity contribution is 5.74. The highest BCUT2D eigenvalue weighted by atomic mass is 16.3. The Bertz CT molecular complexity index is 310. The summed E-state index contributed by atoms with van der Waals surface area (Å²) < 4.78 is 0. The quantitative estimate of drug-likeness (QED) is 0.836. The third-order valence-corrected chi connectivity index (χ3v) is 5.54. The number of likely N-dealkylation sites (tertiary alicyclic amines) is 1. The van der Waals surface area contributed by atoms with E-state index in [1.807, 2.05) is 4.90 Å². The number of aliphatic hydroxyl groups is 1. The summed E-state index contributed by atoms with van der Waals surface area (Å²) in [6.45, 7) is 6.24. The second-order valence-corrected chi connectivity index (χ2v) is 6.91. The number of hydrogen-bond acceptors (Lipinski definition) is 2. The molecular formula is C16H30N2O2. The van der Waals surface area contributed by atoms with Crippen molar-refractivity contribution in [1.29, 1.82) is 0 Å². The maximum Gasteiger partial charge on any atom is 0.317 e. The van der Waals surface area contributed by atoms with Gasteiger partial charge in [0.2, 0.25) is 0 Å². The molecule has 0 atom stereocenters. The summed E-state index contributed by atoms with van der Waals surface area (Å²) in [7, 11) is 0. The van der Waals surface area contributed by atoms with Gasteiger partial charge < -0.3 is 15.3 Å². The predicted octanol–water partition coefficient (Wildman–Crippen LogP) is 2.76. The lowest BCUT2D eigenvalue weighted by Crippen LogP contribution is -2.51.